The van der Waals surface area contributed by atoms with Crippen LogP contribution < -0.4 is 0 Å². The number of ether oxygens (including phenoxy) is 3. The average Bonchev–Trinajstić information content (AvgIpc) is 2.21. The smallest absolute Gasteiger partial charge is 0.281 e. The highest BCUT2D eigenvalue weighted by molar-refractivity contribution is 6.10. The normalized spacial score (nSPS) is 15.4. The van der Waals surface area contributed by atoms with Crippen molar-refractivity contribution >= 4 is 10.2 Å². The number of rotatable bonds is 7. The van der Waals surface area contributed by atoms with Crippen LogP contribution in [0.4, 0.5) is 0 Å². The average molecular weight is 233 g/mol. The van der Waals surface area contributed by atoms with E-state index in [1.807, 2.05) is 14.1 Å². The van der Waals surface area contributed by atoms with Gasteiger partial charge in [-0.15, -0.1) is 0 Å². The Labute approximate surface area is 96.5 Å². The van der Waals surface area contributed by atoms with Gasteiger partial charge in [0, 0.05) is 21.3 Å². The molecule has 89 valence electrons. The second-order valence-corrected chi connectivity index (χ2v) is 4.65. The van der Waals surface area contributed by atoms with Gasteiger partial charge in [0.15, 0.2) is 0 Å². The van der Waals surface area contributed by atoms with E-state index in [0.717, 1.165) is 12.8 Å². The summed E-state index contributed by atoms with van der Waals surface area (Å²) in [5.41, 5.74) is 0.204. The molecule has 1 unspecified atom stereocenters. The molecule has 0 aromatic carbocycles. The van der Waals surface area contributed by atoms with Gasteiger partial charge in [0.25, 0.3) is 0 Å². The minimum atomic E-state index is -1.07. The van der Waals surface area contributed by atoms with Crippen LogP contribution >= 0.6 is 0 Å². The van der Waals surface area contributed by atoms with Gasteiger partial charge in [-0.1, -0.05) is 13.3 Å². The lowest BCUT2D eigenvalue weighted by Gasteiger charge is -2.46. The predicted molar refractivity (Wildman–Crippen MR) is 60.3 cm³/mol. The van der Waals surface area contributed by atoms with Crippen molar-refractivity contribution in [1.82, 2.24) is 0 Å². The Morgan fingerprint density at radius 3 is 1.80 bits per heavy atom. The molecule has 0 bridgehead atoms. The van der Waals surface area contributed by atoms with Gasteiger partial charge in [-0.25, -0.2) is 0 Å². The van der Waals surface area contributed by atoms with Crippen LogP contribution in [0.3, 0.4) is 0 Å². The summed E-state index contributed by atoms with van der Waals surface area (Å²) in [5.74, 6) is 0. The van der Waals surface area contributed by atoms with Crippen LogP contribution in [-0.2, 0) is 14.2 Å². The fraction of sp³-hybridized carbons (Fsp3) is 1.00. The van der Waals surface area contributed by atoms with Crippen molar-refractivity contribution in [2.45, 2.75) is 31.5 Å². The van der Waals surface area contributed by atoms with Crippen LogP contribution in [0.5, 0.6) is 0 Å². The Morgan fingerprint density at radius 1 is 1.13 bits per heavy atom. The first-order chi connectivity index (χ1) is 6.91. The van der Waals surface area contributed by atoms with Crippen molar-refractivity contribution in [1.29, 1.82) is 0 Å². The summed E-state index contributed by atoms with van der Waals surface area (Å²) in [6.07, 6.45) is 1.03. The van der Waals surface area contributed by atoms with Gasteiger partial charge in [0.05, 0.1) is 19.8 Å². The molecule has 4 nitrogen and oxygen atoms in total. The van der Waals surface area contributed by atoms with Crippen LogP contribution in [0.1, 0.15) is 19.8 Å². The number of nitrogens with zero attached hydrogens (tertiary/aromatic N) is 1. The summed E-state index contributed by atoms with van der Waals surface area (Å²) in [4.78, 5) is 0. The Bertz CT molecular complexity index is 175. The van der Waals surface area contributed by atoms with Gasteiger partial charge >= 0.3 is 6.10 Å². The molecule has 0 aromatic heterocycles. The standard InChI is InChI=1S/C10H23NO3Si/c1-7-8-9(15)11(2,3)10(12-4,13-5)14-6/h9H,7-8H2,1-6H3/q+1. The Balaban J connectivity index is 4.92. The maximum atomic E-state index is 5.37. The minimum absolute atomic E-state index is 0.204. The number of hydrogen-bond acceptors (Lipinski definition) is 3. The van der Waals surface area contributed by atoms with Gasteiger partial charge in [-0.2, -0.15) is 0 Å². The first-order valence-electron chi connectivity index (χ1n) is 5.12. The van der Waals surface area contributed by atoms with Crippen molar-refractivity contribution in [3.63, 3.8) is 0 Å². The third-order valence-corrected chi connectivity index (χ3v) is 3.76. The molecular weight excluding hydrogens is 210 g/mol. The van der Waals surface area contributed by atoms with E-state index in [-0.39, 0.29) is 5.67 Å². The molecule has 0 heterocycles. The van der Waals surface area contributed by atoms with Crippen LogP contribution in [0.25, 0.3) is 0 Å². The third-order valence-electron chi connectivity index (χ3n) is 2.82. The zero-order valence-corrected chi connectivity index (χ0v) is 11.7. The van der Waals surface area contributed by atoms with E-state index in [1.54, 1.807) is 21.3 Å². The van der Waals surface area contributed by atoms with Crippen LogP contribution in [0.15, 0.2) is 0 Å². The molecular formula is C10H23NO3Si+. The minimum Gasteiger partial charge on any atom is -0.281 e. The van der Waals surface area contributed by atoms with Gasteiger partial charge < -0.3 is 0 Å². The van der Waals surface area contributed by atoms with E-state index in [9.17, 15) is 0 Å². The molecule has 0 saturated carbocycles. The lowest BCUT2D eigenvalue weighted by atomic mass is 10.3. The molecule has 3 radical (unpaired) electrons. The zero-order valence-electron chi connectivity index (χ0n) is 10.7. The number of quaternary nitrogens is 1. The van der Waals surface area contributed by atoms with E-state index in [1.165, 1.54) is 0 Å². The Morgan fingerprint density at radius 2 is 1.53 bits per heavy atom. The van der Waals surface area contributed by atoms with E-state index >= 15 is 0 Å². The largest absolute Gasteiger partial charge is 0.448 e. The van der Waals surface area contributed by atoms with Crippen molar-refractivity contribution < 1.29 is 18.7 Å². The number of hydrogen-bond donors (Lipinski definition) is 0. The zero-order chi connectivity index (χ0) is 12.1. The maximum Gasteiger partial charge on any atom is 0.448 e. The summed E-state index contributed by atoms with van der Waals surface area (Å²) < 4.78 is 16.5. The fourth-order valence-electron chi connectivity index (χ4n) is 1.74. The van der Waals surface area contributed by atoms with E-state index in [0.29, 0.717) is 4.48 Å². The van der Waals surface area contributed by atoms with Crippen molar-refractivity contribution in [2.24, 2.45) is 0 Å². The van der Waals surface area contributed by atoms with Crippen LogP contribution in [0.2, 0.25) is 0 Å². The molecule has 0 aliphatic rings. The molecule has 15 heavy (non-hydrogen) atoms. The summed E-state index contributed by atoms with van der Waals surface area (Å²) in [6.45, 7) is 2.14. The molecule has 0 aliphatic heterocycles. The summed E-state index contributed by atoms with van der Waals surface area (Å²) in [6, 6.07) is 0. The molecule has 5 heteroatoms. The van der Waals surface area contributed by atoms with Gasteiger partial charge in [0.1, 0.15) is 10.2 Å². The molecule has 0 N–H and O–H groups in total. The van der Waals surface area contributed by atoms with Gasteiger partial charge in [-0.3, -0.25) is 18.7 Å². The lowest BCUT2D eigenvalue weighted by Crippen LogP contribution is -2.67. The second kappa shape index (κ2) is 5.96. The second-order valence-electron chi connectivity index (χ2n) is 3.98. The van der Waals surface area contributed by atoms with Crippen LogP contribution in [-0.4, -0.2) is 61.9 Å². The molecule has 0 spiro atoms. The lowest BCUT2D eigenvalue weighted by molar-refractivity contribution is -1.03. The monoisotopic (exact) mass is 233 g/mol. The molecule has 0 aliphatic carbocycles. The topological polar surface area (TPSA) is 27.7 Å². The molecule has 0 amide bonds. The highest BCUT2D eigenvalue weighted by Gasteiger charge is 2.51. The highest BCUT2D eigenvalue weighted by Crippen LogP contribution is 2.27. The van der Waals surface area contributed by atoms with Crippen molar-refractivity contribution in [2.75, 3.05) is 35.4 Å². The Kier molecular flexibility index (Phi) is 5.98. The summed E-state index contributed by atoms with van der Waals surface area (Å²) >= 11 is 0. The predicted octanol–water partition coefficient (Wildman–Crippen LogP) is 0.908. The third kappa shape index (κ3) is 2.79. The van der Waals surface area contributed by atoms with Crippen molar-refractivity contribution in [3.8, 4) is 0 Å². The van der Waals surface area contributed by atoms with E-state index in [2.05, 4.69) is 17.2 Å². The highest BCUT2D eigenvalue weighted by atomic mass is 28.1. The molecule has 0 aromatic rings. The SMILES string of the molecule is CCCC([Si])[N+](C)(C)C(OC)(OC)OC. The summed E-state index contributed by atoms with van der Waals surface area (Å²) in [7, 11) is 12.5. The van der Waals surface area contributed by atoms with Crippen molar-refractivity contribution in [3.05, 3.63) is 0 Å². The van der Waals surface area contributed by atoms with Crippen LogP contribution in [0, 0.1) is 0 Å². The van der Waals surface area contributed by atoms with Gasteiger partial charge in [-0.05, 0) is 6.42 Å². The van der Waals surface area contributed by atoms with E-state index in [4.69, 9.17) is 14.2 Å². The fourth-order valence-corrected chi connectivity index (χ4v) is 2.19. The van der Waals surface area contributed by atoms with Gasteiger partial charge in [0.2, 0.25) is 0 Å². The molecule has 1 atom stereocenters. The summed E-state index contributed by atoms with van der Waals surface area (Å²) in [5, 5.41) is 0. The quantitative estimate of drug-likeness (QED) is 0.372. The molecule has 0 fully saturated rings. The first-order valence-corrected chi connectivity index (χ1v) is 5.69. The molecule has 0 saturated heterocycles. The number of methoxy groups -OCH3 is 3. The maximum absolute atomic E-state index is 5.37. The first kappa shape index (κ1) is 15.1. The van der Waals surface area contributed by atoms with E-state index < -0.39 is 6.10 Å². The molecule has 0 rings (SSSR count). The Hall–Kier alpha value is 0.0569.